The quantitative estimate of drug-likeness (QED) is 0.437. The molecule has 36 heavy (non-hydrogen) atoms. The third-order valence-electron chi connectivity index (χ3n) is 6.07. The van der Waals surface area contributed by atoms with Crippen molar-refractivity contribution >= 4 is 33.7 Å². The number of hydrogen-bond donors (Lipinski definition) is 0. The Hall–Kier alpha value is -3.59. The van der Waals surface area contributed by atoms with Crippen molar-refractivity contribution in [2.45, 2.75) is 26.8 Å². The van der Waals surface area contributed by atoms with Gasteiger partial charge < -0.3 is 14.5 Å². The van der Waals surface area contributed by atoms with Crippen molar-refractivity contribution in [2.75, 3.05) is 26.2 Å². The summed E-state index contributed by atoms with van der Waals surface area (Å²) >= 11 is 3.39. The fourth-order valence-corrected chi connectivity index (χ4v) is 4.51. The van der Waals surface area contributed by atoms with Crippen molar-refractivity contribution in [3.63, 3.8) is 0 Å². The van der Waals surface area contributed by atoms with Gasteiger partial charge in [-0.05, 0) is 45.0 Å². The molecule has 2 amide bonds. The molecule has 1 saturated heterocycles. The Morgan fingerprint density at radius 1 is 1.00 bits per heavy atom. The molecule has 0 aliphatic carbocycles. The molecule has 8 nitrogen and oxygen atoms in total. The Morgan fingerprint density at radius 2 is 1.69 bits per heavy atom. The van der Waals surface area contributed by atoms with Crippen molar-refractivity contribution in [1.29, 1.82) is 0 Å². The van der Waals surface area contributed by atoms with Crippen molar-refractivity contribution in [2.24, 2.45) is 0 Å². The zero-order chi connectivity index (χ0) is 25.8. The third kappa shape index (κ3) is 5.31. The molecule has 1 aromatic heterocycles. The van der Waals surface area contributed by atoms with E-state index in [1.54, 1.807) is 35.8 Å². The zero-order valence-corrected chi connectivity index (χ0v) is 22.0. The number of piperazine rings is 1. The number of ether oxygens (including phenoxy) is 1. The smallest absolute Gasteiger partial charge is 0.342 e. The molecule has 0 N–H and O–H groups in total. The highest BCUT2D eigenvalue weighted by atomic mass is 79.9. The standard InChI is InChI=1S/C27H27BrN4O4/c1-4-36-27(35)22-18(3)29-24(19-8-6-5-7-9-19)30-23(22)26(34)31-14-15-32(17(2)16-31)25(33)20-10-12-21(28)13-11-20/h5-13,17H,4,14-16H2,1-3H3. The van der Waals surface area contributed by atoms with E-state index in [2.05, 4.69) is 25.9 Å². The van der Waals surface area contributed by atoms with Gasteiger partial charge in [0, 0.05) is 41.3 Å². The van der Waals surface area contributed by atoms with Gasteiger partial charge in [-0.3, -0.25) is 9.59 Å². The number of carbonyl (C=O) groups is 3. The maximum Gasteiger partial charge on any atom is 0.342 e. The van der Waals surface area contributed by atoms with Crippen molar-refractivity contribution in [3.05, 3.63) is 81.6 Å². The lowest BCUT2D eigenvalue weighted by Gasteiger charge is -2.40. The number of nitrogens with zero attached hydrogens (tertiary/aromatic N) is 4. The molecular formula is C27H27BrN4O4. The summed E-state index contributed by atoms with van der Waals surface area (Å²) in [5.74, 6) is -0.737. The number of benzene rings is 2. The van der Waals surface area contributed by atoms with Gasteiger partial charge >= 0.3 is 5.97 Å². The first-order valence-electron chi connectivity index (χ1n) is 11.8. The van der Waals surface area contributed by atoms with E-state index in [4.69, 9.17) is 4.74 Å². The lowest BCUT2D eigenvalue weighted by molar-refractivity contribution is 0.0406. The first kappa shape index (κ1) is 25.5. The second-order valence-electron chi connectivity index (χ2n) is 8.55. The summed E-state index contributed by atoms with van der Waals surface area (Å²) in [5.41, 5.74) is 1.79. The molecule has 9 heteroatoms. The maximum absolute atomic E-state index is 13.7. The monoisotopic (exact) mass is 550 g/mol. The van der Waals surface area contributed by atoms with Crippen molar-refractivity contribution < 1.29 is 19.1 Å². The molecule has 3 aromatic rings. The molecule has 1 fully saturated rings. The number of halogens is 1. The van der Waals surface area contributed by atoms with Crippen LogP contribution in [0.1, 0.15) is 50.7 Å². The molecule has 4 rings (SSSR count). The number of rotatable bonds is 5. The summed E-state index contributed by atoms with van der Waals surface area (Å²) in [4.78, 5) is 52.0. The topological polar surface area (TPSA) is 92.7 Å². The number of esters is 1. The summed E-state index contributed by atoms with van der Waals surface area (Å²) < 4.78 is 6.11. The Labute approximate surface area is 218 Å². The molecular weight excluding hydrogens is 524 g/mol. The summed E-state index contributed by atoms with van der Waals surface area (Å²) in [7, 11) is 0. The predicted octanol–water partition coefficient (Wildman–Crippen LogP) is 4.38. The summed E-state index contributed by atoms with van der Waals surface area (Å²) in [6.07, 6.45) is 0. The number of amides is 2. The largest absolute Gasteiger partial charge is 0.462 e. The van der Waals surface area contributed by atoms with Crippen LogP contribution in [0, 0.1) is 6.92 Å². The fraction of sp³-hybridized carbons (Fsp3) is 0.296. The normalized spacial score (nSPS) is 15.5. The lowest BCUT2D eigenvalue weighted by Crippen LogP contribution is -2.55. The Bertz CT molecular complexity index is 1280. The first-order chi connectivity index (χ1) is 17.3. The molecule has 2 aromatic carbocycles. The molecule has 186 valence electrons. The molecule has 1 atom stereocenters. The van der Waals surface area contributed by atoms with Gasteiger partial charge in [0.1, 0.15) is 11.3 Å². The van der Waals surface area contributed by atoms with E-state index >= 15 is 0 Å². The molecule has 2 heterocycles. The van der Waals surface area contributed by atoms with Crippen LogP contribution in [0.5, 0.6) is 0 Å². The third-order valence-corrected chi connectivity index (χ3v) is 6.60. The van der Waals surface area contributed by atoms with Crippen molar-refractivity contribution in [3.8, 4) is 11.4 Å². The number of carbonyl (C=O) groups excluding carboxylic acids is 3. The predicted molar refractivity (Wildman–Crippen MR) is 139 cm³/mol. The van der Waals surface area contributed by atoms with Crippen LogP contribution in [0.3, 0.4) is 0 Å². The number of aromatic nitrogens is 2. The molecule has 0 bridgehead atoms. The van der Waals surface area contributed by atoms with E-state index < -0.39 is 5.97 Å². The Balaban J connectivity index is 1.62. The number of aryl methyl sites for hydroxylation is 1. The second-order valence-corrected chi connectivity index (χ2v) is 9.46. The van der Waals surface area contributed by atoms with Crippen molar-refractivity contribution in [1.82, 2.24) is 19.8 Å². The van der Waals surface area contributed by atoms with Crippen LogP contribution < -0.4 is 0 Å². The minimum absolute atomic E-state index is 0.0136. The average Bonchev–Trinajstić information content (AvgIpc) is 2.88. The van der Waals surface area contributed by atoms with Gasteiger partial charge in [0.15, 0.2) is 5.82 Å². The van der Waals surface area contributed by atoms with Gasteiger partial charge in [0.25, 0.3) is 11.8 Å². The van der Waals surface area contributed by atoms with E-state index in [9.17, 15) is 14.4 Å². The second kappa shape index (κ2) is 11.0. The number of hydrogen-bond acceptors (Lipinski definition) is 6. The van der Waals surface area contributed by atoms with E-state index in [0.29, 0.717) is 36.7 Å². The Kier molecular flexibility index (Phi) is 7.79. The lowest BCUT2D eigenvalue weighted by atomic mass is 10.1. The summed E-state index contributed by atoms with van der Waals surface area (Å²) in [6.45, 7) is 6.45. The van der Waals surface area contributed by atoms with E-state index in [1.807, 2.05) is 49.4 Å². The summed E-state index contributed by atoms with van der Waals surface area (Å²) in [6, 6.07) is 16.3. The van der Waals surface area contributed by atoms with Crippen LogP contribution in [0.4, 0.5) is 0 Å². The van der Waals surface area contributed by atoms with Crippen LogP contribution in [-0.2, 0) is 4.74 Å². The minimum Gasteiger partial charge on any atom is -0.462 e. The Morgan fingerprint density at radius 3 is 2.33 bits per heavy atom. The molecule has 0 radical (unpaired) electrons. The van der Waals surface area contributed by atoms with Gasteiger partial charge in [0.05, 0.1) is 12.3 Å². The highest BCUT2D eigenvalue weighted by molar-refractivity contribution is 9.10. The average molecular weight is 551 g/mol. The summed E-state index contributed by atoms with van der Waals surface area (Å²) in [5, 5.41) is 0. The minimum atomic E-state index is -0.630. The van der Waals surface area contributed by atoms with Crippen LogP contribution in [0.15, 0.2) is 59.1 Å². The van der Waals surface area contributed by atoms with Gasteiger partial charge in [-0.25, -0.2) is 14.8 Å². The first-order valence-corrected chi connectivity index (χ1v) is 12.6. The highest BCUT2D eigenvalue weighted by Crippen LogP contribution is 2.23. The molecule has 1 unspecified atom stereocenters. The van der Waals surface area contributed by atoms with Crippen LogP contribution in [0.25, 0.3) is 11.4 Å². The van der Waals surface area contributed by atoms with Gasteiger partial charge in [0.2, 0.25) is 0 Å². The zero-order valence-electron chi connectivity index (χ0n) is 20.4. The van der Waals surface area contributed by atoms with Crippen LogP contribution >= 0.6 is 15.9 Å². The van der Waals surface area contributed by atoms with E-state index in [-0.39, 0.29) is 35.7 Å². The molecule has 0 spiro atoms. The molecule has 0 saturated carbocycles. The van der Waals surface area contributed by atoms with E-state index in [1.165, 1.54) is 0 Å². The highest BCUT2D eigenvalue weighted by Gasteiger charge is 2.34. The van der Waals surface area contributed by atoms with Gasteiger partial charge in [-0.15, -0.1) is 0 Å². The molecule has 1 aliphatic heterocycles. The molecule has 1 aliphatic rings. The van der Waals surface area contributed by atoms with Crippen LogP contribution in [0.2, 0.25) is 0 Å². The maximum atomic E-state index is 13.7. The van der Waals surface area contributed by atoms with Gasteiger partial charge in [-0.2, -0.15) is 0 Å². The van der Waals surface area contributed by atoms with Crippen LogP contribution in [-0.4, -0.2) is 69.8 Å². The van der Waals surface area contributed by atoms with E-state index in [0.717, 1.165) is 10.0 Å². The fourth-order valence-electron chi connectivity index (χ4n) is 4.24. The van der Waals surface area contributed by atoms with Gasteiger partial charge in [-0.1, -0.05) is 46.3 Å². The SMILES string of the molecule is CCOC(=O)c1c(C)nc(-c2ccccc2)nc1C(=O)N1CCN(C(=O)c2ccc(Br)cc2)C(C)C1.